The number of amides is 1. The molecule has 0 spiro atoms. The third-order valence-corrected chi connectivity index (χ3v) is 7.13. The van der Waals surface area contributed by atoms with Gasteiger partial charge in [-0.25, -0.2) is 13.2 Å². The molecule has 1 amide bonds. The number of nitrogens with zero attached hydrogens (tertiary/aromatic N) is 1. The Kier molecular flexibility index (Phi) is 6.22. The normalized spacial score (nSPS) is 11.3. The molecule has 0 atom stereocenters. The van der Waals surface area contributed by atoms with Crippen molar-refractivity contribution in [2.75, 3.05) is 12.4 Å². The van der Waals surface area contributed by atoms with Crippen LogP contribution in [0.1, 0.15) is 10.4 Å². The highest BCUT2D eigenvalue weighted by molar-refractivity contribution is 7.91. The van der Waals surface area contributed by atoms with E-state index in [4.69, 9.17) is 16.3 Å². The van der Waals surface area contributed by atoms with Gasteiger partial charge in [0.25, 0.3) is 0 Å². The summed E-state index contributed by atoms with van der Waals surface area (Å²) in [4.78, 5) is 25.0. The number of nitrogens with one attached hydrogen (secondary N) is 1. The maximum absolute atomic E-state index is 13.3. The molecule has 0 saturated heterocycles. The number of esters is 1. The van der Waals surface area contributed by atoms with Crippen LogP contribution < -0.4 is 5.32 Å². The summed E-state index contributed by atoms with van der Waals surface area (Å²) in [5.74, 6) is -1.00. The average molecular weight is 483 g/mol. The van der Waals surface area contributed by atoms with Gasteiger partial charge in [-0.1, -0.05) is 41.9 Å². The minimum Gasteiger partial charge on any atom is -0.465 e. The van der Waals surface area contributed by atoms with E-state index in [-0.39, 0.29) is 21.9 Å². The second-order valence-electron chi connectivity index (χ2n) is 7.18. The number of carbonyl (C=O) groups is 2. The minimum absolute atomic E-state index is 0.0863. The Labute approximate surface area is 195 Å². The van der Waals surface area contributed by atoms with Crippen molar-refractivity contribution in [1.82, 2.24) is 4.57 Å². The largest absolute Gasteiger partial charge is 0.465 e. The average Bonchev–Trinajstić information content (AvgIpc) is 3.18. The molecule has 1 N–H and O–H groups in total. The Morgan fingerprint density at radius 1 is 0.970 bits per heavy atom. The summed E-state index contributed by atoms with van der Waals surface area (Å²) >= 11 is 5.90. The Hall–Kier alpha value is -3.62. The van der Waals surface area contributed by atoms with Gasteiger partial charge in [0.05, 0.1) is 28.2 Å². The molecule has 4 aromatic rings. The van der Waals surface area contributed by atoms with E-state index >= 15 is 0 Å². The van der Waals surface area contributed by atoms with Crippen LogP contribution in [0.3, 0.4) is 0 Å². The number of carbonyl (C=O) groups excluding carboxylic acids is 2. The van der Waals surface area contributed by atoms with Crippen molar-refractivity contribution in [2.45, 2.75) is 16.3 Å². The van der Waals surface area contributed by atoms with Crippen LogP contribution in [-0.4, -0.2) is 32.0 Å². The maximum atomic E-state index is 13.3. The number of methoxy groups -OCH3 is 1. The molecule has 0 radical (unpaired) electrons. The zero-order valence-electron chi connectivity index (χ0n) is 17.5. The smallest absolute Gasteiger partial charge is 0.339 e. The lowest BCUT2D eigenvalue weighted by molar-refractivity contribution is -0.116. The number of fused-ring (bicyclic) bond motifs is 1. The molecule has 3 aromatic carbocycles. The van der Waals surface area contributed by atoms with Gasteiger partial charge >= 0.3 is 5.97 Å². The molecule has 1 aromatic heterocycles. The van der Waals surface area contributed by atoms with Crippen LogP contribution in [0.4, 0.5) is 5.69 Å². The first-order valence-electron chi connectivity index (χ1n) is 9.87. The van der Waals surface area contributed by atoms with Crippen LogP contribution >= 0.6 is 11.6 Å². The molecule has 168 valence electrons. The SMILES string of the molecule is COC(=O)c1ccccc1NC(=O)Cn1cc(S(=O)(=O)c2ccc(Cl)cc2)c2ccccc21. The number of halogens is 1. The van der Waals surface area contributed by atoms with Gasteiger partial charge in [-0.2, -0.15) is 0 Å². The molecule has 4 rings (SSSR count). The number of anilines is 1. The van der Waals surface area contributed by atoms with Gasteiger partial charge in [-0.05, 0) is 42.5 Å². The molecule has 0 fully saturated rings. The summed E-state index contributed by atoms with van der Waals surface area (Å²) in [5, 5.41) is 3.63. The van der Waals surface area contributed by atoms with Crippen LogP contribution in [0.25, 0.3) is 10.9 Å². The summed E-state index contributed by atoms with van der Waals surface area (Å²) in [6.45, 7) is -0.161. The van der Waals surface area contributed by atoms with Crippen molar-refractivity contribution in [1.29, 1.82) is 0 Å². The fourth-order valence-corrected chi connectivity index (χ4v) is 5.13. The number of hydrogen-bond donors (Lipinski definition) is 1. The Balaban J connectivity index is 1.69. The van der Waals surface area contributed by atoms with Crippen molar-refractivity contribution in [3.05, 3.63) is 89.6 Å². The zero-order valence-corrected chi connectivity index (χ0v) is 19.1. The van der Waals surface area contributed by atoms with Gasteiger partial charge in [-0.3, -0.25) is 4.79 Å². The first-order valence-corrected chi connectivity index (χ1v) is 11.7. The van der Waals surface area contributed by atoms with Crippen LogP contribution in [0.2, 0.25) is 5.02 Å². The monoisotopic (exact) mass is 482 g/mol. The Morgan fingerprint density at radius 2 is 1.64 bits per heavy atom. The standard InChI is InChI=1S/C24H19ClN2O5S/c1-32-24(29)18-6-2-4-8-20(18)26-23(28)15-27-14-22(19-7-3-5-9-21(19)27)33(30,31)17-12-10-16(25)11-13-17/h2-14H,15H2,1H3,(H,26,28). The van der Waals surface area contributed by atoms with Gasteiger partial charge in [0.15, 0.2) is 0 Å². The van der Waals surface area contributed by atoms with Crippen molar-refractivity contribution < 1.29 is 22.7 Å². The molecule has 1 heterocycles. The van der Waals surface area contributed by atoms with Gasteiger partial charge in [0.1, 0.15) is 6.54 Å². The van der Waals surface area contributed by atoms with Crippen LogP contribution in [0, 0.1) is 0 Å². The fraction of sp³-hybridized carbons (Fsp3) is 0.0833. The summed E-state index contributed by atoms with van der Waals surface area (Å²) in [6.07, 6.45) is 1.44. The van der Waals surface area contributed by atoms with E-state index in [1.165, 1.54) is 37.6 Å². The number of aromatic nitrogens is 1. The molecular formula is C24H19ClN2O5S. The number of rotatable bonds is 6. The van der Waals surface area contributed by atoms with E-state index < -0.39 is 21.7 Å². The van der Waals surface area contributed by atoms with Crippen LogP contribution in [0.5, 0.6) is 0 Å². The molecule has 0 saturated carbocycles. The fourth-order valence-electron chi connectivity index (χ4n) is 3.52. The summed E-state index contributed by atoms with van der Waals surface area (Å²) in [6, 6.07) is 19.3. The predicted molar refractivity (Wildman–Crippen MR) is 125 cm³/mol. The minimum atomic E-state index is -3.85. The van der Waals surface area contributed by atoms with Gasteiger partial charge in [0.2, 0.25) is 15.7 Å². The number of sulfone groups is 1. The third kappa shape index (κ3) is 4.48. The van der Waals surface area contributed by atoms with Gasteiger partial charge in [0, 0.05) is 22.1 Å². The van der Waals surface area contributed by atoms with E-state index in [0.29, 0.717) is 21.6 Å². The van der Waals surface area contributed by atoms with Crippen LogP contribution in [-0.2, 0) is 25.9 Å². The van der Waals surface area contributed by atoms with E-state index in [1.807, 2.05) is 0 Å². The first-order chi connectivity index (χ1) is 15.8. The topological polar surface area (TPSA) is 94.5 Å². The van der Waals surface area contributed by atoms with E-state index in [9.17, 15) is 18.0 Å². The molecule has 0 unspecified atom stereocenters. The number of ether oxygens (including phenoxy) is 1. The number of benzene rings is 3. The second-order valence-corrected chi connectivity index (χ2v) is 9.54. The van der Waals surface area contributed by atoms with Crippen LogP contribution in [0.15, 0.2) is 88.8 Å². The summed E-state index contributed by atoms with van der Waals surface area (Å²) < 4.78 is 32.9. The lowest BCUT2D eigenvalue weighted by Gasteiger charge is -2.10. The molecule has 33 heavy (non-hydrogen) atoms. The molecule has 0 bridgehead atoms. The lowest BCUT2D eigenvalue weighted by atomic mass is 10.2. The molecule has 0 aliphatic carbocycles. The number of para-hydroxylation sites is 2. The van der Waals surface area contributed by atoms with E-state index in [2.05, 4.69) is 5.32 Å². The summed E-state index contributed by atoms with van der Waals surface area (Å²) in [7, 11) is -2.59. The maximum Gasteiger partial charge on any atom is 0.339 e. The van der Waals surface area contributed by atoms with Crippen molar-refractivity contribution >= 4 is 49.9 Å². The Morgan fingerprint density at radius 3 is 2.36 bits per heavy atom. The summed E-state index contributed by atoms with van der Waals surface area (Å²) in [5.41, 5.74) is 1.11. The number of hydrogen-bond acceptors (Lipinski definition) is 5. The quantitative estimate of drug-likeness (QED) is 0.407. The molecular weight excluding hydrogens is 464 g/mol. The molecule has 0 aliphatic heterocycles. The first kappa shape index (κ1) is 22.6. The highest BCUT2D eigenvalue weighted by Gasteiger charge is 2.24. The van der Waals surface area contributed by atoms with Crippen molar-refractivity contribution in [2.24, 2.45) is 0 Å². The molecule has 0 aliphatic rings. The highest BCUT2D eigenvalue weighted by Crippen LogP contribution is 2.31. The second kappa shape index (κ2) is 9.09. The third-order valence-electron chi connectivity index (χ3n) is 5.09. The molecule has 9 heteroatoms. The van der Waals surface area contributed by atoms with E-state index in [1.54, 1.807) is 53.1 Å². The molecule has 7 nitrogen and oxygen atoms in total. The van der Waals surface area contributed by atoms with E-state index in [0.717, 1.165) is 0 Å². The van der Waals surface area contributed by atoms with Gasteiger partial charge in [-0.15, -0.1) is 0 Å². The zero-order chi connectivity index (χ0) is 23.6. The Bertz CT molecular complexity index is 1460. The predicted octanol–water partition coefficient (Wildman–Crippen LogP) is 4.55. The lowest BCUT2D eigenvalue weighted by Crippen LogP contribution is -2.20. The van der Waals surface area contributed by atoms with Crippen molar-refractivity contribution in [3.63, 3.8) is 0 Å². The van der Waals surface area contributed by atoms with Gasteiger partial charge < -0.3 is 14.6 Å². The van der Waals surface area contributed by atoms with Crippen molar-refractivity contribution in [3.8, 4) is 0 Å². The highest BCUT2D eigenvalue weighted by atomic mass is 35.5.